The van der Waals surface area contributed by atoms with Gasteiger partial charge < -0.3 is 19.2 Å². The molecule has 4 aromatic rings. The molecule has 7 heteroatoms. The third kappa shape index (κ3) is 4.25. The van der Waals surface area contributed by atoms with Crippen LogP contribution in [-0.2, 0) is 0 Å². The van der Waals surface area contributed by atoms with Crippen LogP contribution < -0.4 is 14.8 Å². The first-order chi connectivity index (χ1) is 14.6. The van der Waals surface area contributed by atoms with E-state index in [4.69, 9.17) is 13.9 Å². The van der Waals surface area contributed by atoms with E-state index in [1.54, 1.807) is 30.3 Å². The zero-order chi connectivity index (χ0) is 20.9. The summed E-state index contributed by atoms with van der Waals surface area (Å²) < 4.78 is 31.2. The number of para-hydroxylation sites is 2. The second-order valence-corrected chi connectivity index (χ2v) is 6.58. The first-order valence-corrected chi connectivity index (χ1v) is 9.40. The standard InChI is InChI=1S/C23H20FN3O3/c1-15(22-26-27-23(30-22)16-8-4-3-5-9-16)25-17-12-13-19(18(24)14-17)29-21-11-7-6-10-20(21)28-2/h3-15,25H,1-2H3. The quantitative estimate of drug-likeness (QED) is 0.416. The molecule has 0 saturated carbocycles. The molecular formula is C23H20FN3O3. The third-order valence-corrected chi connectivity index (χ3v) is 4.44. The van der Waals surface area contributed by atoms with Crippen LogP contribution in [0, 0.1) is 5.82 Å². The van der Waals surface area contributed by atoms with E-state index in [-0.39, 0.29) is 11.8 Å². The first-order valence-electron chi connectivity index (χ1n) is 9.40. The van der Waals surface area contributed by atoms with Gasteiger partial charge in [-0.25, -0.2) is 4.39 Å². The van der Waals surface area contributed by atoms with Gasteiger partial charge >= 0.3 is 0 Å². The monoisotopic (exact) mass is 405 g/mol. The number of ether oxygens (including phenoxy) is 2. The molecule has 30 heavy (non-hydrogen) atoms. The summed E-state index contributed by atoms with van der Waals surface area (Å²) in [5.41, 5.74) is 1.40. The highest BCUT2D eigenvalue weighted by Gasteiger charge is 2.16. The minimum Gasteiger partial charge on any atom is -0.493 e. The van der Waals surface area contributed by atoms with Gasteiger partial charge in [0.15, 0.2) is 23.1 Å². The van der Waals surface area contributed by atoms with E-state index in [0.29, 0.717) is 29.0 Å². The Kier molecular flexibility index (Phi) is 5.61. The fraction of sp³-hybridized carbons (Fsp3) is 0.130. The summed E-state index contributed by atoms with van der Waals surface area (Å²) >= 11 is 0. The molecule has 1 N–H and O–H groups in total. The normalized spacial score (nSPS) is 11.7. The van der Waals surface area contributed by atoms with E-state index in [1.807, 2.05) is 43.3 Å². The van der Waals surface area contributed by atoms with Gasteiger partial charge in [-0.05, 0) is 43.3 Å². The Morgan fingerprint density at radius 3 is 2.37 bits per heavy atom. The van der Waals surface area contributed by atoms with Crippen molar-refractivity contribution >= 4 is 5.69 Å². The summed E-state index contributed by atoms with van der Waals surface area (Å²) in [6.45, 7) is 1.86. The lowest BCUT2D eigenvalue weighted by molar-refractivity contribution is 0.371. The van der Waals surface area contributed by atoms with Crippen LogP contribution in [0.3, 0.4) is 0 Å². The van der Waals surface area contributed by atoms with Gasteiger partial charge in [-0.2, -0.15) is 0 Å². The van der Waals surface area contributed by atoms with Crippen molar-refractivity contribution in [3.63, 3.8) is 0 Å². The lowest BCUT2D eigenvalue weighted by atomic mass is 10.2. The van der Waals surface area contributed by atoms with Crippen LogP contribution in [0.5, 0.6) is 17.2 Å². The Bertz CT molecular complexity index is 1130. The van der Waals surface area contributed by atoms with Gasteiger partial charge in [0, 0.05) is 17.3 Å². The summed E-state index contributed by atoms with van der Waals surface area (Å²) in [5.74, 6) is 1.40. The maximum absolute atomic E-state index is 14.6. The molecule has 6 nitrogen and oxygen atoms in total. The number of halogens is 1. The van der Waals surface area contributed by atoms with Crippen molar-refractivity contribution in [2.45, 2.75) is 13.0 Å². The average molecular weight is 405 g/mol. The van der Waals surface area contributed by atoms with Gasteiger partial charge in [0.05, 0.1) is 7.11 Å². The summed E-state index contributed by atoms with van der Waals surface area (Å²) in [6, 6.07) is 20.9. The Hall–Kier alpha value is -3.87. The summed E-state index contributed by atoms with van der Waals surface area (Å²) in [5, 5.41) is 11.3. The van der Waals surface area contributed by atoms with E-state index in [0.717, 1.165) is 5.56 Å². The predicted octanol–water partition coefficient (Wildman–Crippen LogP) is 5.85. The van der Waals surface area contributed by atoms with E-state index in [2.05, 4.69) is 15.5 Å². The van der Waals surface area contributed by atoms with Crippen molar-refractivity contribution in [3.05, 3.63) is 84.5 Å². The predicted molar refractivity (Wildman–Crippen MR) is 111 cm³/mol. The number of rotatable bonds is 7. The van der Waals surface area contributed by atoms with Crippen LogP contribution in [0.4, 0.5) is 10.1 Å². The molecule has 152 valence electrons. The highest BCUT2D eigenvalue weighted by atomic mass is 19.1. The number of anilines is 1. The van der Waals surface area contributed by atoms with Crippen molar-refractivity contribution in [1.82, 2.24) is 10.2 Å². The number of nitrogens with zero attached hydrogens (tertiary/aromatic N) is 2. The van der Waals surface area contributed by atoms with Crippen LogP contribution in [0.25, 0.3) is 11.5 Å². The smallest absolute Gasteiger partial charge is 0.247 e. The molecule has 3 aromatic carbocycles. The zero-order valence-corrected chi connectivity index (χ0v) is 16.5. The molecule has 0 bridgehead atoms. The number of hydrogen-bond acceptors (Lipinski definition) is 6. The Balaban J connectivity index is 1.46. The molecule has 0 aliphatic heterocycles. The molecule has 0 saturated heterocycles. The molecule has 0 fully saturated rings. The van der Waals surface area contributed by atoms with Gasteiger partial charge in [-0.1, -0.05) is 30.3 Å². The maximum Gasteiger partial charge on any atom is 0.247 e. The lowest BCUT2D eigenvalue weighted by Gasteiger charge is -2.14. The molecule has 1 atom stereocenters. The SMILES string of the molecule is COc1ccccc1Oc1ccc(NC(C)c2nnc(-c3ccccc3)o2)cc1F. The Morgan fingerprint density at radius 2 is 1.63 bits per heavy atom. The van der Waals surface area contributed by atoms with E-state index in [9.17, 15) is 4.39 Å². The van der Waals surface area contributed by atoms with Crippen molar-refractivity contribution < 1.29 is 18.3 Å². The molecule has 1 unspecified atom stereocenters. The topological polar surface area (TPSA) is 69.4 Å². The van der Waals surface area contributed by atoms with Gasteiger partial charge in [0.2, 0.25) is 11.8 Å². The van der Waals surface area contributed by atoms with E-state index in [1.165, 1.54) is 13.2 Å². The highest BCUT2D eigenvalue weighted by Crippen LogP contribution is 2.33. The highest BCUT2D eigenvalue weighted by molar-refractivity contribution is 5.53. The Labute approximate surface area is 173 Å². The molecule has 1 heterocycles. The van der Waals surface area contributed by atoms with Gasteiger partial charge in [0.25, 0.3) is 0 Å². The summed E-state index contributed by atoms with van der Waals surface area (Å²) in [7, 11) is 1.54. The Morgan fingerprint density at radius 1 is 0.900 bits per heavy atom. The van der Waals surface area contributed by atoms with E-state index < -0.39 is 5.82 Å². The van der Waals surface area contributed by atoms with Crippen molar-refractivity contribution in [2.24, 2.45) is 0 Å². The van der Waals surface area contributed by atoms with Gasteiger partial charge in [-0.15, -0.1) is 10.2 Å². The largest absolute Gasteiger partial charge is 0.493 e. The van der Waals surface area contributed by atoms with Crippen LogP contribution in [0.2, 0.25) is 0 Å². The van der Waals surface area contributed by atoms with Crippen LogP contribution in [0.1, 0.15) is 18.9 Å². The van der Waals surface area contributed by atoms with Gasteiger partial charge in [-0.3, -0.25) is 0 Å². The van der Waals surface area contributed by atoms with Crippen molar-refractivity contribution in [2.75, 3.05) is 12.4 Å². The molecule has 0 aliphatic carbocycles. The fourth-order valence-corrected chi connectivity index (χ4v) is 2.91. The van der Waals surface area contributed by atoms with Crippen molar-refractivity contribution in [1.29, 1.82) is 0 Å². The number of methoxy groups -OCH3 is 1. The third-order valence-electron chi connectivity index (χ3n) is 4.44. The van der Waals surface area contributed by atoms with Gasteiger partial charge in [0.1, 0.15) is 6.04 Å². The first kappa shape index (κ1) is 19.4. The number of aromatic nitrogens is 2. The minimum absolute atomic E-state index is 0.0989. The van der Waals surface area contributed by atoms with Crippen molar-refractivity contribution in [3.8, 4) is 28.7 Å². The number of hydrogen-bond donors (Lipinski definition) is 1. The van der Waals surface area contributed by atoms with Crippen LogP contribution in [0.15, 0.2) is 77.2 Å². The van der Waals surface area contributed by atoms with Crippen LogP contribution in [-0.4, -0.2) is 17.3 Å². The number of benzene rings is 3. The molecule has 0 amide bonds. The molecule has 0 spiro atoms. The van der Waals surface area contributed by atoms with E-state index >= 15 is 0 Å². The molecule has 1 aromatic heterocycles. The zero-order valence-electron chi connectivity index (χ0n) is 16.5. The maximum atomic E-state index is 14.6. The second kappa shape index (κ2) is 8.65. The summed E-state index contributed by atoms with van der Waals surface area (Å²) in [6.07, 6.45) is 0. The molecule has 0 radical (unpaired) electrons. The number of nitrogens with one attached hydrogen (secondary N) is 1. The molecule has 4 rings (SSSR count). The molecular weight excluding hydrogens is 385 g/mol. The second-order valence-electron chi connectivity index (χ2n) is 6.58. The van der Waals surface area contributed by atoms with Crippen LogP contribution >= 0.6 is 0 Å². The lowest BCUT2D eigenvalue weighted by Crippen LogP contribution is -2.07. The minimum atomic E-state index is -0.506. The summed E-state index contributed by atoms with van der Waals surface area (Å²) in [4.78, 5) is 0. The fourth-order valence-electron chi connectivity index (χ4n) is 2.91. The average Bonchev–Trinajstić information content (AvgIpc) is 3.27. The molecule has 0 aliphatic rings.